The number of ether oxygens (including phenoxy) is 2. The summed E-state index contributed by atoms with van der Waals surface area (Å²) in [4.78, 5) is 12.1. The lowest BCUT2D eigenvalue weighted by atomic mass is 9.79. The molecule has 0 spiro atoms. The maximum absolute atomic E-state index is 12.1. The molecule has 0 saturated heterocycles. The zero-order chi connectivity index (χ0) is 15.8. The van der Waals surface area contributed by atoms with Crippen molar-refractivity contribution < 1.29 is 14.3 Å². The van der Waals surface area contributed by atoms with Crippen LogP contribution in [0.5, 0.6) is 0 Å². The second-order valence-corrected chi connectivity index (χ2v) is 6.26. The molecular weight excluding hydrogens is 278 g/mol. The minimum absolute atomic E-state index is 0.122. The fourth-order valence-corrected chi connectivity index (χ4v) is 2.98. The first-order chi connectivity index (χ1) is 10.6. The number of amides is 1. The average molecular weight is 305 g/mol. The van der Waals surface area contributed by atoms with Gasteiger partial charge in [0.2, 0.25) is 5.91 Å². The van der Waals surface area contributed by atoms with Crippen molar-refractivity contribution in [2.24, 2.45) is 0 Å². The van der Waals surface area contributed by atoms with Gasteiger partial charge in [0, 0.05) is 25.7 Å². The van der Waals surface area contributed by atoms with Crippen molar-refractivity contribution in [3.63, 3.8) is 0 Å². The van der Waals surface area contributed by atoms with Crippen LogP contribution in [0.15, 0.2) is 24.3 Å². The normalized spacial score (nSPS) is 20.5. The first kappa shape index (κ1) is 17.0. The SMILES string of the molecule is COCCOCCCC(=O)NC1(C)CCc2ccccc2C1. The van der Waals surface area contributed by atoms with E-state index < -0.39 is 0 Å². The maximum Gasteiger partial charge on any atom is 0.220 e. The van der Waals surface area contributed by atoms with Gasteiger partial charge in [-0.05, 0) is 43.7 Å². The van der Waals surface area contributed by atoms with E-state index >= 15 is 0 Å². The van der Waals surface area contributed by atoms with Crippen LogP contribution in [0.4, 0.5) is 0 Å². The lowest BCUT2D eigenvalue weighted by Gasteiger charge is -2.36. The number of aryl methyl sites for hydroxylation is 1. The molecule has 0 aliphatic heterocycles. The van der Waals surface area contributed by atoms with Crippen LogP contribution in [0.1, 0.15) is 37.3 Å². The predicted octanol–water partition coefficient (Wildman–Crippen LogP) is 2.49. The monoisotopic (exact) mass is 305 g/mol. The molecule has 4 heteroatoms. The third kappa shape index (κ3) is 5.11. The lowest BCUT2D eigenvalue weighted by molar-refractivity contribution is -0.123. The Morgan fingerprint density at radius 2 is 2.00 bits per heavy atom. The van der Waals surface area contributed by atoms with Crippen LogP contribution in [0.25, 0.3) is 0 Å². The summed E-state index contributed by atoms with van der Waals surface area (Å²) in [5, 5.41) is 3.22. The zero-order valence-corrected chi connectivity index (χ0v) is 13.7. The highest BCUT2D eigenvalue weighted by molar-refractivity contribution is 5.76. The maximum atomic E-state index is 12.1. The summed E-state index contributed by atoms with van der Waals surface area (Å²) >= 11 is 0. The van der Waals surface area contributed by atoms with Crippen LogP contribution in [-0.2, 0) is 27.1 Å². The quantitative estimate of drug-likeness (QED) is 0.751. The Kier molecular flexibility index (Phi) is 6.40. The van der Waals surface area contributed by atoms with Gasteiger partial charge in [-0.2, -0.15) is 0 Å². The van der Waals surface area contributed by atoms with Crippen molar-refractivity contribution in [1.82, 2.24) is 5.32 Å². The fraction of sp³-hybridized carbons (Fsp3) is 0.611. The largest absolute Gasteiger partial charge is 0.382 e. The summed E-state index contributed by atoms with van der Waals surface area (Å²) in [6.07, 6.45) is 4.22. The number of hydrogen-bond acceptors (Lipinski definition) is 3. The van der Waals surface area contributed by atoms with Crippen molar-refractivity contribution in [2.45, 2.75) is 44.6 Å². The first-order valence-electron chi connectivity index (χ1n) is 8.07. The van der Waals surface area contributed by atoms with Crippen LogP contribution in [-0.4, -0.2) is 38.4 Å². The number of fused-ring (bicyclic) bond motifs is 1. The second kappa shape index (κ2) is 8.30. The van der Waals surface area contributed by atoms with Crippen LogP contribution < -0.4 is 5.32 Å². The molecule has 1 aromatic rings. The smallest absolute Gasteiger partial charge is 0.220 e. The third-order valence-corrected chi connectivity index (χ3v) is 4.21. The molecule has 1 atom stereocenters. The first-order valence-corrected chi connectivity index (χ1v) is 8.07. The predicted molar refractivity (Wildman–Crippen MR) is 86.9 cm³/mol. The Morgan fingerprint density at radius 1 is 1.23 bits per heavy atom. The molecule has 1 amide bonds. The van der Waals surface area contributed by atoms with Crippen LogP contribution in [0.3, 0.4) is 0 Å². The highest BCUT2D eigenvalue weighted by atomic mass is 16.5. The molecule has 1 aliphatic rings. The zero-order valence-electron chi connectivity index (χ0n) is 13.7. The Bertz CT molecular complexity index is 489. The Hall–Kier alpha value is -1.39. The van der Waals surface area contributed by atoms with Crippen molar-refractivity contribution in [3.8, 4) is 0 Å². The summed E-state index contributed by atoms with van der Waals surface area (Å²) in [6, 6.07) is 8.52. The topological polar surface area (TPSA) is 47.6 Å². The van der Waals surface area contributed by atoms with Crippen molar-refractivity contribution in [3.05, 3.63) is 35.4 Å². The number of nitrogens with one attached hydrogen (secondary N) is 1. The molecule has 0 saturated carbocycles. The number of carbonyl (C=O) groups is 1. The summed E-state index contributed by atoms with van der Waals surface area (Å²) in [7, 11) is 1.65. The van der Waals surface area contributed by atoms with E-state index in [1.807, 2.05) is 0 Å². The van der Waals surface area contributed by atoms with E-state index in [4.69, 9.17) is 9.47 Å². The molecule has 1 aliphatic carbocycles. The minimum Gasteiger partial charge on any atom is -0.382 e. The lowest BCUT2D eigenvalue weighted by Crippen LogP contribution is -2.49. The average Bonchev–Trinajstić information content (AvgIpc) is 2.50. The number of rotatable bonds is 8. The highest BCUT2D eigenvalue weighted by Crippen LogP contribution is 2.28. The van der Waals surface area contributed by atoms with E-state index in [0.717, 1.165) is 25.7 Å². The second-order valence-electron chi connectivity index (χ2n) is 6.26. The summed E-state index contributed by atoms with van der Waals surface area (Å²) < 4.78 is 10.3. The molecule has 1 N–H and O–H groups in total. The van der Waals surface area contributed by atoms with Crippen molar-refractivity contribution in [1.29, 1.82) is 0 Å². The summed E-state index contributed by atoms with van der Waals surface area (Å²) in [6.45, 7) is 3.95. The Labute approximate surface area is 133 Å². The Morgan fingerprint density at radius 3 is 2.77 bits per heavy atom. The molecule has 1 unspecified atom stereocenters. The van der Waals surface area contributed by atoms with Gasteiger partial charge in [0.05, 0.1) is 13.2 Å². The molecule has 0 bridgehead atoms. The van der Waals surface area contributed by atoms with Crippen LogP contribution >= 0.6 is 0 Å². The molecule has 0 radical (unpaired) electrons. The fourth-order valence-electron chi connectivity index (χ4n) is 2.98. The van der Waals surface area contributed by atoms with Gasteiger partial charge in [0.15, 0.2) is 0 Å². The third-order valence-electron chi connectivity index (χ3n) is 4.21. The summed E-state index contributed by atoms with van der Waals surface area (Å²) in [5.74, 6) is 0.122. The van der Waals surface area contributed by atoms with Gasteiger partial charge in [0.1, 0.15) is 0 Å². The molecule has 1 aromatic carbocycles. The van der Waals surface area contributed by atoms with Gasteiger partial charge in [-0.25, -0.2) is 0 Å². The standard InChI is InChI=1S/C18H27NO3/c1-18(10-9-15-6-3-4-7-16(15)14-18)19-17(20)8-5-11-22-13-12-21-2/h3-4,6-7H,5,8-14H2,1-2H3,(H,19,20). The van der Waals surface area contributed by atoms with Gasteiger partial charge < -0.3 is 14.8 Å². The molecule has 0 heterocycles. The molecule has 2 rings (SSSR count). The van der Waals surface area contributed by atoms with Crippen LogP contribution in [0.2, 0.25) is 0 Å². The highest BCUT2D eigenvalue weighted by Gasteiger charge is 2.30. The number of benzene rings is 1. The van der Waals surface area contributed by atoms with Gasteiger partial charge in [-0.1, -0.05) is 24.3 Å². The molecular formula is C18H27NO3. The van der Waals surface area contributed by atoms with Crippen molar-refractivity contribution >= 4 is 5.91 Å². The van der Waals surface area contributed by atoms with Crippen LogP contribution in [0, 0.1) is 0 Å². The van der Waals surface area contributed by atoms with E-state index in [1.165, 1.54) is 11.1 Å². The van der Waals surface area contributed by atoms with Gasteiger partial charge >= 0.3 is 0 Å². The van der Waals surface area contributed by atoms with Gasteiger partial charge in [-0.15, -0.1) is 0 Å². The number of hydrogen-bond donors (Lipinski definition) is 1. The van der Waals surface area contributed by atoms with Crippen molar-refractivity contribution in [2.75, 3.05) is 26.9 Å². The molecule has 4 nitrogen and oxygen atoms in total. The van der Waals surface area contributed by atoms with E-state index in [-0.39, 0.29) is 11.4 Å². The Balaban J connectivity index is 1.72. The minimum atomic E-state index is -0.123. The molecule has 0 aromatic heterocycles. The molecule has 122 valence electrons. The number of carbonyl (C=O) groups excluding carboxylic acids is 1. The molecule has 22 heavy (non-hydrogen) atoms. The van der Waals surface area contributed by atoms with Gasteiger partial charge in [0.25, 0.3) is 0 Å². The van der Waals surface area contributed by atoms with E-state index in [9.17, 15) is 4.79 Å². The van der Waals surface area contributed by atoms with Gasteiger partial charge in [-0.3, -0.25) is 4.79 Å². The van der Waals surface area contributed by atoms with E-state index in [1.54, 1.807) is 7.11 Å². The molecule has 0 fully saturated rings. The van der Waals surface area contributed by atoms with E-state index in [2.05, 4.69) is 36.5 Å². The summed E-state index contributed by atoms with van der Waals surface area (Å²) in [5.41, 5.74) is 2.66. The number of methoxy groups -OCH3 is 1. The van der Waals surface area contributed by atoms with E-state index in [0.29, 0.717) is 26.2 Å².